The van der Waals surface area contributed by atoms with Gasteiger partial charge in [-0.05, 0) is 54.5 Å². The molecule has 1 aliphatic rings. The third-order valence-electron chi connectivity index (χ3n) is 6.50. The zero-order valence-corrected chi connectivity index (χ0v) is 19.3. The summed E-state index contributed by atoms with van der Waals surface area (Å²) in [6.45, 7) is 5.09. The van der Waals surface area contributed by atoms with Gasteiger partial charge in [0.2, 0.25) is 11.8 Å². The lowest BCUT2D eigenvalue weighted by molar-refractivity contribution is -0.122. The molecule has 5 nitrogen and oxygen atoms in total. The van der Waals surface area contributed by atoms with Crippen molar-refractivity contribution in [1.82, 2.24) is 5.32 Å². The fourth-order valence-corrected chi connectivity index (χ4v) is 4.26. The molecule has 2 amide bonds. The number of rotatable bonds is 10. The summed E-state index contributed by atoms with van der Waals surface area (Å²) in [5.74, 6) is 1.93. The Morgan fingerprint density at radius 2 is 1.66 bits per heavy atom. The Morgan fingerprint density at radius 3 is 2.41 bits per heavy atom. The fourth-order valence-electron chi connectivity index (χ4n) is 4.26. The second-order valence-electron chi connectivity index (χ2n) is 8.95. The first-order valence-corrected chi connectivity index (χ1v) is 11.9. The van der Waals surface area contributed by atoms with E-state index in [2.05, 4.69) is 36.6 Å². The number of benzene rings is 2. The SMILES string of the molecule is C[C@H]1[C@H](C)CCC[C@@H]1NC(=O)CCCC(=O)Nc1ccc(OCCc2ccccc2)cc1. The quantitative estimate of drug-likeness (QED) is 0.527. The van der Waals surface area contributed by atoms with Crippen molar-refractivity contribution in [2.24, 2.45) is 11.8 Å². The van der Waals surface area contributed by atoms with Crippen LogP contribution in [0.4, 0.5) is 5.69 Å². The number of ether oxygens (including phenoxy) is 1. The molecule has 5 heteroatoms. The average Bonchev–Trinajstić information content (AvgIpc) is 2.79. The molecule has 3 atom stereocenters. The van der Waals surface area contributed by atoms with E-state index in [4.69, 9.17) is 4.74 Å². The monoisotopic (exact) mass is 436 g/mol. The first-order valence-electron chi connectivity index (χ1n) is 11.9. The summed E-state index contributed by atoms with van der Waals surface area (Å²) >= 11 is 0. The summed E-state index contributed by atoms with van der Waals surface area (Å²) in [6.07, 6.45) is 5.60. The van der Waals surface area contributed by atoms with Gasteiger partial charge in [0.25, 0.3) is 0 Å². The minimum Gasteiger partial charge on any atom is -0.493 e. The van der Waals surface area contributed by atoms with Crippen LogP contribution in [0.2, 0.25) is 0 Å². The molecule has 0 spiro atoms. The number of hydrogen-bond donors (Lipinski definition) is 2. The van der Waals surface area contributed by atoms with E-state index in [1.54, 1.807) is 0 Å². The fraction of sp³-hybridized carbons (Fsp3) is 0.481. The molecule has 1 fully saturated rings. The van der Waals surface area contributed by atoms with Crippen LogP contribution in [0.3, 0.4) is 0 Å². The van der Waals surface area contributed by atoms with Gasteiger partial charge in [-0.15, -0.1) is 0 Å². The van der Waals surface area contributed by atoms with Gasteiger partial charge < -0.3 is 15.4 Å². The Labute approximate surface area is 191 Å². The molecule has 0 aromatic heterocycles. The van der Waals surface area contributed by atoms with Crippen LogP contribution < -0.4 is 15.4 Å². The van der Waals surface area contributed by atoms with Crippen molar-refractivity contribution < 1.29 is 14.3 Å². The Morgan fingerprint density at radius 1 is 0.938 bits per heavy atom. The maximum Gasteiger partial charge on any atom is 0.224 e. The summed E-state index contributed by atoms with van der Waals surface area (Å²) < 4.78 is 5.78. The molecule has 2 aromatic rings. The minimum absolute atomic E-state index is 0.0563. The maximum absolute atomic E-state index is 12.3. The van der Waals surface area contributed by atoms with E-state index >= 15 is 0 Å². The molecule has 2 aromatic carbocycles. The van der Waals surface area contributed by atoms with Crippen molar-refractivity contribution in [2.45, 2.75) is 64.8 Å². The van der Waals surface area contributed by atoms with Crippen LogP contribution >= 0.6 is 0 Å². The number of carbonyl (C=O) groups excluding carboxylic acids is 2. The van der Waals surface area contributed by atoms with Crippen LogP contribution in [0, 0.1) is 11.8 Å². The zero-order valence-electron chi connectivity index (χ0n) is 19.3. The number of anilines is 1. The first kappa shape index (κ1) is 23.8. The van der Waals surface area contributed by atoms with Crippen molar-refractivity contribution in [3.05, 3.63) is 60.2 Å². The van der Waals surface area contributed by atoms with Gasteiger partial charge in [0.15, 0.2) is 0 Å². The molecule has 1 saturated carbocycles. The normalized spacial score (nSPS) is 20.4. The van der Waals surface area contributed by atoms with Gasteiger partial charge in [0, 0.05) is 31.0 Å². The predicted octanol–water partition coefficient (Wildman–Crippen LogP) is 5.36. The van der Waals surface area contributed by atoms with Crippen LogP contribution in [-0.4, -0.2) is 24.5 Å². The van der Waals surface area contributed by atoms with E-state index in [9.17, 15) is 9.59 Å². The lowest BCUT2D eigenvalue weighted by Gasteiger charge is -2.34. The standard InChI is InChI=1S/C27H36N2O3/c1-20-8-6-11-25(21(20)2)29-27(31)13-7-12-26(30)28-23-14-16-24(17-15-23)32-19-18-22-9-4-3-5-10-22/h3-5,9-10,14-17,20-21,25H,6-8,11-13,18-19H2,1-2H3,(H,28,30)(H,29,31)/t20-,21+,25+/m1/s1. The summed E-state index contributed by atoms with van der Waals surface area (Å²) in [5, 5.41) is 6.06. The summed E-state index contributed by atoms with van der Waals surface area (Å²) in [4.78, 5) is 24.5. The Kier molecular flexibility index (Phi) is 9.14. The lowest BCUT2D eigenvalue weighted by atomic mass is 9.78. The third kappa shape index (κ3) is 7.70. The average molecular weight is 437 g/mol. The number of hydrogen-bond acceptors (Lipinski definition) is 3. The van der Waals surface area contributed by atoms with Crippen LogP contribution in [0.1, 0.15) is 57.9 Å². The summed E-state index contributed by atoms with van der Waals surface area (Å²) in [5.41, 5.74) is 1.98. The van der Waals surface area contributed by atoms with Gasteiger partial charge in [0.05, 0.1) is 6.61 Å². The van der Waals surface area contributed by atoms with Crippen molar-refractivity contribution in [2.75, 3.05) is 11.9 Å². The molecule has 1 aliphatic carbocycles. The number of amides is 2. The molecule has 0 unspecified atom stereocenters. The molecule has 0 heterocycles. The van der Waals surface area contributed by atoms with E-state index in [-0.39, 0.29) is 17.9 Å². The molecule has 3 rings (SSSR count). The van der Waals surface area contributed by atoms with Crippen molar-refractivity contribution in [3.8, 4) is 5.75 Å². The second kappa shape index (κ2) is 12.3. The molecule has 0 radical (unpaired) electrons. The van der Waals surface area contributed by atoms with E-state index in [1.165, 1.54) is 18.4 Å². The maximum atomic E-state index is 12.3. The molecule has 32 heavy (non-hydrogen) atoms. The van der Waals surface area contributed by atoms with Crippen molar-refractivity contribution in [3.63, 3.8) is 0 Å². The van der Waals surface area contributed by atoms with E-state index in [0.29, 0.717) is 37.7 Å². The van der Waals surface area contributed by atoms with Gasteiger partial charge in [-0.1, -0.05) is 57.0 Å². The van der Waals surface area contributed by atoms with Crippen LogP contribution in [0.25, 0.3) is 0 Å². The van der Waals surface area contributed by atoms with Gasteiger partial charge in [-0.3, -0.25) is 9.59 Å². The zero-order chi connectivity index (χ0) is 22.8. The second-order valence-corrected chi connectivity index (χ2v) is 8.95. The summed E-state index contributed by atoms with van der Waals surface area (Å²) in [7, 11) is 0. The van der Waals surface area contributed by atoms with Crippen molar-refractivity contribution >= 4 is 17.5 Å². The Balaban J connectivity index is 1.32. The molecule has 0 aliphatic heterocycles. The predicted molar refractivity (Wildman–Crippen MR) is 129 cm³/mol. The molecular formula is C27H36N2O3. The lowest BCUT2D eigenvalue weighted by Crippen LogP contribution is -2.43. The summed E-state index contributed by atoms with van der Waals surface area (Å²) in [6, 6.07) is 17.9. The smallest absolute Gasteiger partial charge is 0.224 e. The first-order chi connectivity index (χ1) is 15.5. The molecule has 2 N–H and O–H groups in total. The van der Waals surface area contributed by atoms with Gasteiger partial charge >= 0.3 is 0 Å². The highest BCUT2D eigenvalue weighted by Crippen LogP contribution is 2.29. The van der Waals surface area contributed by atoms with Gasteiger partial charge in [0.1, 0.15) is 5.75 Å². The van der Waals surface area contributed by atoms with Crippen LogP contribution in [0.5, 0.6) is 5.75 Å². The number of carbonyl (C=O) groups is 2. The molecule has 0 bridgehead atoms. The van der Waals surface area contributed by atoms with E-state index < -0.39 is 0 Å². The van der Waals surface area contributed by atoms with E-state index in [0.717, 1.165) is 24.3 Å². The highest BCUT2D eigenvalue weighted by molar-refractivity contribution is 5.91. The van der Waals surface area contributed by atoms with Crippen LogP contribution in [0.15, 0.2) is 54.6 Å². The van der Waals surface area contributed by atoms with Crippen molar-refractivity contribution in [1.29, 1.82) is 0 Å². The minimum atomic E-state index is -0.0739. The van der Waals surface area contributed by atoms with Gasteiger partial charge in [-0.25, -0.2) is 0 Å². The Hall–Kier alpha value is -2.82. The number of nitrogens with one attached hydrogen (secondary N) is 2. The molecule has 0 saturated heterocycles. The third-order valence-corrected chi connectivity index (χ3v) is 6.50. The van der Waals surface area contributed by atoms with E-state index in [1.807, 2.05) is 42.5 Å². The molecular weight excluding hydrogens is 400 g/mol. The Bertz CT molecular complexity index is 851. The van der Waals surface area contributed by atoms with Gasteiger partial charge in [-0.2, -0.15) is 0 Å². The van der Waals surface area contributed by atoms with Crippen LogP contribution in [-0.2, 0) is 16.0 Å². The highest BCUT2D eigenvalue weighted by Gasteiger charge is 2.27. The molecule has 172 valence electrons. The highest BCUT2D eigenvalue weighted by atomic mass is 16.5. The largest absolute Gasteiger partial charge is 0.493 e. The topological polar surface area (TPSA) is 67.4 Å².